The highest BCUT2D eigenvalue weighted by Gasteiger charge is 2.16. The average Bonchev–Trinajstić information content (AvgIpc) is 2.36. The van der Waals surface area contributed by atoms with Crippen LogP contribution in [0.25, 0.3) is 0 Å². The zero-order valence-corrected chi connectivity index (χ0v) is 5.95. The van der Waals surface area contributed by atoms with Gasteiger partial charge in [0.2, 0.25) is 0 Å². The molecule has 1 aliphatic rings. The molecule has 0 radical (unpaired) electrons. The van der Waals surface area contributed by atoms with Crippen LogP contribution in [0.5, 0.6) is 0 Å². The SMILES string of the molecule is CC1OCCn2ccnc21. The molecule has 0 aliphatic carbocycles. The Morgan fingerprint density at radius 1 is 1.80 bits per heavy atom. The van der Waals surface area contributed by atoms with Gasteiger partial charge in [-0.3, -0.25) is 0 Å². The molecule has 0 amide bonds. The molecular formula is C7H10N2O. The van der Waals surface area contributed by atoms with Crippen LogP contribution in [0.2, 0.25) is 0 Å². The first-order valence-electron chi connectivity index (χ1n) is 3.50. The fraction of sp³-hybridized carbons (Fsp3) is 0.571. The Morgan fingerprint density at radius 2 is 2.70 bits per heavy atom. The van der Waals surface area contributed by atoms with E-state index in [1.54, 1.807) is 0 Å². The number of imidazole rings is 1. The molecule has 0 fully saturated rings. The molecule has 54 valence electrons. The molecule has 10 heavy (non-hydrogen) atoms. The van der Waals surface area contributed by atoms with Gasteiger partial charge in [-0.15, -0.1) is 0 Å². The minimum absolute atomic E-state index is 0.170. The van der Waals surface area contributed by atoms with Crippen molar-refractivity contribution in [1.82, 2.24) is 9.55 Å². The molecule has 2 heterocycles. The number of nitrogens with zero attached hydrogens (tertiary/aromatic N) is 2. The van der Waals surface area contributed by atoms with Crippen molar-refractivity contribution in [1.29, 1.82) is 0 Å². The molecule has 3 heteroatoms. The summed E-state index contributed by atoms with van der Waals surface area (Å²) in [5.41, 5.74) is 0. The molecule has 1 atom stereocenters. The highest BCUT2D eigenvalue weighted by atomic mass is 16.5. The minimum atomic E-state index is 0.170. The largest absolute Gasteiger partial charge is 0.369 e. The molecular weight excluding hydrogens is 128 g/mol. The van der Waals surface area contributed by atoms with E-state index in [1.807, 2.05) is 19.3 Å². The first-order valence-corrected chi connectivity index (χ1v) is 3.50. The zero-order chi connectivity index (χ0) is 6.97. The van der Waals surface area contributed by atoms with Gasteiger partial charge < -0.3 is 9.30 Å². The highest BCUT2D eigenvalue weighted by Crippen LogP contribution is 2.18. The number of aromatic nitrogens is 2. The Kier molecular flexibility index (Phi) is 1.24. The molecule has 0 N–H and O–H groups in total. The van der Waals surface area contributed by atoms with Gasteiger partial charge in [0.05, 0.1) is 6.61 Å². The van der Waals surface area contributed by atoms with Gasteiger partial charge in [-0.05, 0) is 6.92 Å². The molecule has 0 bridgehead atoms. The topological polar surface area (TPSA) is 27.1 Å². The summed E-state index contributed by atoms with van der Waals surface area (Å²) in [4.78, 5) is 4.18. The lowest BCUT2D eigenvalue weighted by Gasteiger charge is -2.20. The van der Waals surface area contributed by atoms with Crippen molar-refractivity contribution in [3.05, 3.63) is 18.2 Å². The second-order valence-electron chi connectivity index (χ2n) is 2.49. The van der Waals surface area contributed by atoms with Crippen LogP contribution < -0.4 is 0 Å². The second kappa shape index (κ2) is 2.09. The number of hydrogen-bond donors (Lipinski definition) is 0. The van der Waals surface area contributed by atoms with Crippen molar-refractivity contribution in [3.8, 4) is 0 Å². The Balaban J connectivity index is 2.41. The van der Waals surface area contributed by atoms with Crippen LogP contribution >= 0.6 is 0 Å². The fourth-order valence-electron chi connectivity index (χ4n) is 1.27. The maximum atomic E-state index is 5.38. The van der Waals surface area contributed by atoms with Gasteiger partial charge in [-0.2, -0.15) is 0 Å². The third kappa shape index (κ3) is 0.743. The molecule has 0 spiro atoms. The van der Waals surface area contributed by atoms with E-state index in [1.165, 1.54) is 0 Å². The Morgan fingerprint density at radius 3 is 3.50 bits per heavy atom. The summed E-state index contributed by atoms with van der Waals surface area (Å²) in [6.45, 7) is 3.78. The molecule has 1 aliphatic heterocycles. The maximum absolute atomic E-state index is 5.38. The monoisotopic (exact) mass is 138 g/mol. The van der Waals surface area contributed by atoms with Gasteiger partial charge in [-0.25, -0.2) is 4.98 Å². The molecule has 1 unspecified atom stereocenters. The number of ether oxygens (including phenoxy) is 1. The summed E-state index contributed by atoms with van der Waals surface area (Å²) >= 11 is 0. The molecule has 3 nitrogen and oxygen atoms in total. The van der Waals surface area contributed by atoms with Crippen molar-refractivity contribution in [3.63, 3.8) is 0 Å². The van der Waals surface area contributed by atoms with Gasteiger partial charge in [-0.1, -0.05) is 0 Å². The van der Waals surface area contributed by atoms with Gasteiger partial charge in [0.25, 0.3) is 0 Å². The van der Waals surface area contributed by atoms with E-state index in [-0.39, 0.29) is 6.10 Å². The number of fused-ring (bicyclic) bond motifs is 1. The normalized spacial score (nSPS) is 24.3. The molecule has 1 aromatic rings. The average molecular weight is 138 g/mol. The van der Waals surface area contributed by atoms with Crippen LogP contribution in [0.4, 0.5) is 0 Å². The molecule has 2 rings (SSSR count). The zero-order valence-electron chi connectivity index (χ0n) is 5.95. The third-order valence-electron chi connectivity index (χ3n) is 1.81. The molecule has 0 saturated heterocycles. The summed E-state index contributed by atoms with van der Waals surface area (Å²) in [5.74, 6) is 1.05. The van der Waals surface area contributed by atoms with Crippen molar-refractivity contribution in [2.45, 2.75) is 19.6 Å². The fourth-order valence-corrected chi connectivity index (χ4v) is 1.27. The minimum Gasteiger partial charge on any atom is -0.369 e. The molecule has 1 aromatic heterocycles. The Hall–Kier alpha value is -0.830. The number of hydrogen-bond acceptors (Lipinski definition) is 2. The van der Waals surface area contributed by atoms with Crippen LogP contribution in [0.15, 0.2) is 12.4 Å². The lowest BCUT2D eigenvalue weighted by Crippen LogP contribution is -2.19. The summed E-state index contributed by atoms with van der Waals surface area (Å²) in [6, 6.07) is 0. The standard InChI is InChI=1S/C7H10N2O/c1-6-7-8-2-3-9(7)4-5-10-6/h2-3,6H,4-5H2,1H3. The Labute approximate surface area is 59.6 Å². The van der Waals surface area contributed by atoms with Crippen molar-refractivity contribution >= 4 is 0 Å². The quantitative estimate of drug-likeness (QED) is 0.534. The Bertz CT molecular complexity index is 231. The van der Waals surface area contributed by atoms with E-state index in [4.69, 9.17) is 4.74 Å². The van der Waals surface area contributed by atoms with E-state index in [2.05, 4.69) is 9.55 Å². The maximum Gasteiger partial charge on any atom is 0.137 e. The third-order valence-corrected chi connectivity index (χ3v) is 1.81. The van der Waals surface area contributed by atoms with Gasteiger partial charge in [0.15, 0.2) is 0 Å². The van der Waals surface area contributed by atoms with E-state index >= 15 is 0 Å². The predicted molar refractivity (Wildman–Crippen MR) is 36.6 cm³/mol. The smallest absolute Gasteiger partial charge is 0.137 e. The van der Waals surface area contributed by atoms with E-state index in [9.17, 15) is 0 Å². The highest BCUT2D eigenvalue weighted by molar-refractivity contribution is 4.97. The molecule has 0 saturated carbocycles. The van der Waals surface area contributed by atoms with Gasteiger partial charge in [0, 0.05) is 18.9 Å². The van der Waals surface area contributed by atoms with Crippen molar-refractivity contribution < 1.29 is 4.74 Å². The summed E-state index contributed by atoms with van der Waals surface area (Å²) < 4.78 is 7.51. The molecule has 0 aromatic carbocycles. The summed E-state index contributed by atoms with van der Waals surface area (Å²) in [6.07, 6.45) is 3.98. The first-order chi connectivity index (χ1) is 4.88. The van der Waals surface area contributed by atoms with Crippen LogP contribution in [-0.4, -0.2) is 16.2 Å². The van der Waals surface area contributed by atoms with Gasteiger partial charge >= 0.3 is 0 Å². The van der Waals surface area contributed by atoms with E-state index < -0.39 is 0 Å². The van der Waals surface area contributed by atoms with E-state index in [0.29, 0.717) is 0 Å². The summed E-state index contributed by atoms with van der Waals surface area (Å²) in [7, 11) is 0. The predicted octanol–water partition coefficient (Wildman–Crippen LogP) is 0.974. The second-order valence-corrected chi connectivity index (χ2v) is 2.49. The van der Waals surface area contributed by atoms with Crippen LogP contribution in [-0.2, 0) is 11.3 Å². The van der Waals surface area contributed by atoms with Crippen LogP contribution in [0.3, 0.4) is 0 Å². The van der Waals surface area contributed by atoms with Crippen LogP contribution in [0.1, 0.15) is 18.9 Å². The lowest BCUT2D eigenvalue weighted by atomic mass is 10.3. The van der Waals surface area contributed by atoms with Crippen molar-refractivity contribution in [2.75, 3.05) is 6.61 Å². The van der Waals surface area contributed by atoms with Crippen molar-refractivity contribution in [2.24, 2.45) is 0 Å². The van der Waals surface area contributed by atoms with Gasteiger partial charge in [0.1, 0.15) is 11.9 Å². The van der Waals surface area contributed by atoms with E-state index in [0.717, 1.165) is 19.0 Å². The number of rotatable bonds is 0. The lowest BCUT2D eigenvalue weighted by molar-refractivity contribution is 0.0293. The first kappa shape index (κ1) is 5.92. The summed E-state index contributed by atoms with van der Waals surface area (Å²) in [5, 5.41) is 0. The van der Waals surface area contributed by atoms with Crippen LogP contribution in [0, 0.1) is 0 Å².